The predicted molar refractivity (Wildman–Crippen MR) is 49.5 cm³/mol. The van der Waals surface area contributed by atoms with Crippen molar-refractivity contribution in [1.29, 1.82) is 0 Å². The highest BCUT2D eigenvalue weighted by molar-refractivity contribution is 5.72. The summed E-state index contributed by atoms with van der Waals surface area (Å²) < 4.78 is 4.57. The molecule has 5 nitrogen and oxygen atoms in total. The zero-order chi connectivity index (χ0) is 11.1. The van der Waals surface area contributed by atoms with Crippen molar-refractivity contribution in [3.63, 3.8) is 0 Å². The van der Waals surface area contributed by atoms with Crippen molar-refractivity contribution in [3.05, 3.63) is 0 Å². The van der Waals surface area contributed by atoms with Crippen molar-refractivity contribution in [2.75, 3.05) is 13.7 Å². The zero-order valence-electron chi connectivity index (χ0n) is 8.77. The average molecular weight is 203 g/mol. The minimum Gasteiger partial charge on any atom is -0.469 e. The van der Waals surface area contributed by atoms with Crippen LogP contribution in [0, 0.1) is 11.8 Å². The SMILES string of the molecule is COC(=O)[C@@H](CC(C)C)CN(O)C=O. The molecule has 0 fully saturated rings. The standard InChI is InChI=1S/C9H17NO4/c1-7(2)4-8(9(12)14-3)5-10(13)6-11/h6-8,13H,4-5H2,1-3H3/t8-/m0/s1. The van der Waals surface area contributed by atoms with Crippen LogP contribution < -0.4 is 0 Å². The number of hydrogen-bond acceptors (Lipinski definition) is 4. The van der Waals surface area contributed by atoms with Crippen LogP contribution in [0.2, 0.25) is 0 Å². The summed E-state index contributed by atoms with van der Waals surface area (Å²) in [5.41, 5.74) is 0. The van der Waals surface area contributed by atoms with E-state index in [1.54, 1.807) is 0 Å². The summed E-state index contributed by atoms with van der Waals surface area (Å²) in [5, 5.41) is 9.41. The molecular weight excluding hydrogens is 186 g/mol. The van der Waals surface area contributed by atoms with Crippen LogP contribution in [0.25, 0.3) is 0 Å². The van der Waals surface area contributed by atoms with Gasteiger partial charge in [0.15, 0.2) is 0 Å². The summed E-state index contributed by atoms with van der Waals surface area (Å²) >= 11 is 0. The van der Waals surface area contributed by atoms with Gasteiger partial charge in [-0.25, -0.2) is 5.06 Å². The van der Waals surface area contributed by atoms with E-state index in [0.29, 0.717) is 17.4 Å². The maximum atomic E-state index is 11.2. The molecule has 0 spiro atoms. The molecule has 0 unspecified atom stereocenters. The third kappa shape index (κ3) is 4.81. The molecule has 0 aromatic carbocycles. The summed E-state index contributed by atoms with van der Waals surface area (Å²) in [6.45, 7) is 3.89. The molecule has 0 radical (unpaired) electrons. The minimum absolute atomic E-state index is 0.0195. The number of hydrogen-bond donors (Lipinski definition) is 1. The van der Waals surface area contributed by atoms with Crippen molar-refractivity contribution in [1.82, 2.24) is 5.06 Å². The topological polar surface area (TPSA) is 66.8 Å². The molecule has 0 aliphatic carbocycles. The fraction of sp³-hybridized carbons (Fsp3) is 0.778. The molecule has 0 bridgehead atoms. The molecule has 14 heavy (non-hydrogen) atoms. The van der Waals surface area contributed by atoms with Crippen LogP contribution >= 0.6 is 0 Å². The van der Waals surface area contributed by atoms with E-state index in [0.717, 1.165) is 0 Å². The van der Waals surface area contributed by atoms with Crippen LogP contribution in [0.15, 0.2) is 0 Å². The summed E-state index contributed by atoms with van der Waals surface area (Å²) in [7, 11) is 1.29. The Morgan fingerprint density at radius 3 is 2.50 bits per heavy atom. The molecule has 82 valence electrons. The van der Waals surface area contributed by atoms with Crippen LogP contribution in [0.1, 0.15) is 20.3 Å². The first-order chi connectivity index (χ1) is 6.51. The minimum atomic E-state index is -0.463. The molecule has 1 N–H and O–H groups in total. The predicted octanol–water partition coefficient (Wildman–Crippen LogP) is 0.669. The van der Waals surface area contributed by atoms with E-state index in [-0.39, 0.29) is 13.0 Å². The van der Waals surface area contributed by atoms with E-state index in [4.69, 9.17) is 5.21 Å². The number of carbonyl (C=O) groups excluding carboxylic acids is 2. The number of rotatable bonds is 6. The van der Waals surface area contributed by atoms with Gasteiger partial charge in [-0.1, -0.05) is 13.8 Å². The lowest BCUT2D eigenvalue weighted by Crippen LogP contribution is -2.31. The molecule has 0 aromatic heterocycles. The first-order valence-electron chi connectivity index (χ1n) is 4.49. The Labute approximate surface area is 83.6 Å². The third-order valence-electron chi connectivity index (χ3n) is 1.82. The fourth-order valence-corrected chi connectivity index (χ4v) is 1.25. The lowest BCUT2D eigenvalue weighted by atomic mass is 9.97. The van der Waals surface area contributed by atoms with Gasteiger partial charge in [0.1, 0.15) is 0 Å². The molecule has 0 saturated carbocycles. The van der Waals surface area contributed by atoms with Gasteiger partial charge in [0.25, 0.3) is 0 Å². The van der Waals surface area contributed by atoms with Gasteiger partial charge >= 0.3 is 5.97 Å². The lowest BCUT2D eigenvalue weighted by molar-refractivity contribution is -0.161. The van der Waals surface area contributed by atoms with E-state index < -0.39 is 11.9 Å². The number of hydroxylamine groups is 2. The highest BCUT2D eigenvalue weighted by atomic mass is 16.5. The first-order valence-corrected chi connectivity index (χ1v) is 4.49. The first kappa shape index (κ1) is 12.9. The number of esters is 1. The van der Waals surface area contributed by atoms with Gasteiger partial charge in [-0.3, -0.25) is 14.8 Å². The van der Waals surface area contributed by atoms with Crippen molar-refractivity contribution < 1.29 is 19.5 Å². The van der Waals surface area contributed by atoms with Crippen molar-refractivity contribution >= 4 is 12.4 Å². The van der Waals surface area contributed by atoms with Crippen molar-refractivity contribution in [3.8, 4) is 0 Å². The number of carbonyl (C=O) groups is 2. The highest BCUT2D eigenvalue weighted by Crippen LogP contribution is 2.13. The van der Waals surface area contributed by atoms with E-state index in [1.807, 2.05) is 13.8 Å². The second-order valence-electron chi connectivity index (χ2n) is 3.58. The largest absolute Gasteiger partial charge is 0.469 e. The molecule has 0 saturated heterocycles. The number of methoxy groups -OCH3 is 1. The van der Waals surface area contributed by atoms with Crippen LogP contribution in [0.5, 0.6) is 0 Å². The molecule has 0 aliphatic rings. The Morgan fingerprint density at radius 1 is 1.57 bits per heavy atom. The maximum absolute atomic E-state index is 11.2. The summed E-state index contributed by atoms with van der Waals surface area (Å²) in [6.07, 6.45) is 0.855. The molecular formula is C9H17NO4. The second-order valence-corrected chi connectivity index (χ2v) is 3.58. The normalized spacial score (nSPS) is 12.4. The Bertz CT molecular complexity index is 193. The van der Waals surface area contributed by atoms with Gasteiger partial charge in [0.2, 0.25) is 6.41 Å². The van der Waals surface area contributed by atoms with E-state index in [1.165, 1.54) is 7.11 Å². The quantitative estimate of drug-likeness (QED) is 0.298. The van der Waals surface area contributed by atoms with Gasteiger partial charge in [0, 0.05) is 0 Å². The van der Waals surface area contributed by atoms with Gasteiger partial charge in [0.05, 0.1) is 19.6 Å². The lowest BCUT2D eigenvalue weighted by Gasteiger charge is -2.19. The van der Waals surface area contributed by atoms with Gasteiger partial charge in [-0.05, 0) is 12.3 Å². The third-order valence-corrected chi connectivity index (χ3v) is 1.82. The Kier molecular flexibility index (Phi) is 5.87. The molecule has 0 rings (SSSR count). The molecule has 0 heterocycles. The smallest absolute Gasteiger partial charge is 0.310 e. The van der Waals surface area contributed by atoms with Crippen LogP contribution in [-0.4, -0.2) is 36.3 Å². The van der Waals surface area contributed by atoms with E-state index in [9.17, 15) is 9.59 Å². The van der Waals surface area contributed by atoms with Crippen LogP contribution in [0.4, 0.5) is 0 Å². The summed E-state index contributed by atoms with van der Waals surface area (Å²) in [6, 6.07) is 0. The molecule has 1 amide bonds. The van der Waals surface area contributed by atoms with Gasteiger partial charge < -0.3 is 4.74 Å². The number of nitrogens with zero attached hydrogens (tertiary/aromatic N) is 1. The average Bonchev–Trinajstić information content (AvgIpc) is 2.14. The van der Waals surface area contributed by atoms with Crippen LogP contribution in [-0.2, 0) is 14.3 Å². The molecule has 5 heteroatoms. The Balaban J connectivity index is 4.24. The second kappa shape index (κ2) is 6.37. The highest BCUT2D eigenvalue weighted by Gasteiger charge is 2.22. The number of ether oxygens (including phenoxy) is 1. The number of amides is 1. The van der Waals surface area contributed by atoms with Crippen LogP contribution in [0.3, 0.4) is 0 Å². The maximum Gasteiger partial charge on any atom is 0.310 e. The van der Waals surface area contributed by atoms with Crippen molar-refractivity contribution in [2.45, 2.75) is 20.3 Å². The van der Waals surface area contributed by atoms with Gasteiger partial charge in [-0.2, -0.15) is 0 Å². The fourth-order valence-electron chi connectivity index (χ4n) is 1.25. The summed E-state index contributed by atoms with van der Waals surface area (Å²) in [4.78, 5) is 21.4. The van der Waals surface area contributed by atoms with Crippen molar-refractivity contribution in [2.24, 2.45) is 11.8 Å². The zero-order valence-corrected chi connectivity index (χ0v) is 8.77. The Morgan fingerprint density at radius 2 is 2.14 bits per heavy atom. The molecule has 0 aliphatic heterocycles. The molecule has 1 atom stereocenters. The van der Waals surface area contributed by atoms with Gasteiger partial charge in [-0.15, -0.1) is 0 Å². The molecule has 0 aromatic rings. The van der Waals surface area contributed by atoms with E-state index in [2.05, 4.69) is 4.74 Å². The van der Waals surface area contributed by atoms with E-state index >= 15 is 0 Å². The summed E-state index contributed by atoms with van der Waals surface area (Å²) in [5.74, 6) is -0.561. The Hall–Kier alpha value is -1.10. The monoisotopic (exact) mass is 203 g/mol.